The van der Waals surface area contributed by atoms with Gasteiger partial charge in [-0.15, -0.1) is 0 Å². The van der Waals surface area contributed by atoms with E-state index in [1.54, 1.807) is 0 Å². The lowest BCUT2D eigenvalue weighted by molar-refractivity contribution is -0.143. The van der Waals surface area contributed by atoms with Crippen LogP contribution in [0.3, 0.4) is 0 Å². The molecular weight excluding hydrogens is 422 g/mol. The molecule has 176 valence electrons. The number of carboxylic acids is 1. The summed E-state index contributed by atoms with van der Waals surface area (Å²) < 4.78 is 0. The highest BCUT2D eigenvalue weighted by atomic mass is 16.4. The first-order valence-electron chi connectivity index (χ1n) is 10.2. The van der Waals surface area contributed by atoms with Gasteiger partial charge < -0.3 is 37.1 Å². The number of likely N-dealkylation sites (tertiary alicyclic amines) is 1. The van der Waals surface area contributed by atoms with Crippen LogP contribution in [0.5, 0.6) is 0 Å². The first kappa shape index (κ1) is 24.8. The van der Waals surface area contributed by atoms with E-state index in [9.17, 15) is 29.1 Å². The van der Waals surface area contributed by atoms with Crippen LogP contribution in [0.1, 0.15) is 38.3 Å². The van der Waals surface area contributed by atoms with Gasteiger partial charge in [0.25, 0.3) is 0 Å². The predicted octanol–water partition coefficient (Wildman–Crippen LogP) is -2.39. The number of hydrogen-bond donors (Lipinski definition) is 6. The van der Waals surface area contributed by atoms with E-state index in [2.05, 4.69) is 20.6 Å². The second kappa shape index (κ2) is 11.2. The molecule has 0 aromatic carbocycles. The average Bonchev–Trinajstić information content (AvgIpc) is 3.42. The molecule has 4 amide bonds. The highest BCUT2D eigenvalue weighted by molar-refractivity contribution is 5.94. The number of primary amides is 1. The molecule has 1 aliphatic heterocycles. The number of carbonyl (C=O) groups is 5. The van der Waals surface area contributed by atoms with Crippen molar-refractivity contribution in [3.05, 3.63) is 18.2 Å². The Morgan fingerprint density at radius 1 is 1.31 bits per heavy atom. The molecule has 1 saturated heterocycles. The van der Waals surface area contributed by atoms with Gasteiger partial charge in [0, 0.05) is 31.3 Å². The smallest absolute Gasteiger partial charge is 0.326 e. The zero-order chi connectivity index (χ0) is 23.8. The molecule has 1 aromatic rings. The second-order valence-electron chi connectivity index (χ2n) is 7.71. The van der Waals surface area contributed by atoms with Gasteiger partial charge in [-0.25, -0.2) is 9.78 Å². The number of H-pyrrole nitrogens is 1. The number of aliphatic carboxylic acids is 1. The van der Waals surface area contributed by atoms with Crippen molar-refractivity contribution in [1.29, 1.82) is 0 Å². The van der Waals surface area contributed by atoms with Gasteiger partial charge in [0.2, 0.25) is 23.6 Å². The fraction of sp³-hybridized carbons (Fsp3) is 0.579. The van der Waals surface area contributed by atoms with Crippen molar-refractivity contribution in [3.8, 4) is 0 Å². The number of hydrogen-bond acceptors (Lipinski definition) is 7. The fourth-order valence-corrected chi connectivity index (χ4v) is 3.43. The Morgan fingerprint density at radius 2 is 2.03 bits per heavy atom. The lowest BCUT2D eigenvalue weighted by atomic mass is 10.1. The number of nitrogens with two attached hydrogens (primary N) is 2. The number of nitrogens with one attached hydrogen (secondary N) is 3. The zero-order valence-corrected chi connectivity index (χ0v) is 17.7. The van der Waals surface area contributed by atoms with Gasteiger partial charge in [-0.1, -0.05) is 0 Å². The van der Waals surface area contributed by atoms with Gasteiger partial charge in [0.1, 0.15) is 18.1 Å². The molecule has 8 N–H and O–H groups in total. The summed E-state index contributed by atoms with van der Waals surface area (Å²) >= 11 is 0. The van der Waals surface area contributed by atoms with E-state index in [1.807, 2.05) is 0 Å². The standard InChI is InChI=1S/C19H29N7O6/c1-10(16(28)25-13(19(31)32)7-11-8-22-9-23-11)24-17(29)14-3-2-6-26(14)18(30)12(20)4-5-15(21)27/h8-10,12-14H,2-7,20H2,1H3,(H2,21,27)(H,22,23)(H,24,29)(H,25,28)(H,31,32). The van der Waals surface area contributed by atoms with Crippen molar-refractivity contribution in [2.75, 3.05) is 6.54 Å². The molecule has 0 spiro atoms. The lowest BCUT2D eigenvalue weighted by Crippen LogP contribution is -2.56. The quantitative estimate of drug-likeness (QED) is 0.213. The molecule has 13 nitrogen and oxygen atoms in total. The van der Waals surface area contributed by atoms with E-state index in [0.717, 1.165) is 0 Å². The number of carboxylic acid groups (broad SMARTS) is 1. The molecular formula is C19H29N7O6. The Morgan fingerprint density at radius 3 is 2.62 bits per heavy atom. The Hall–Kier alpha value is -3.48. The predicted molar refractivity (Wildman–Crippen MR) is 111 cm³/mol. The van der Waals surface area contributed by atoms with Crippen molar-refractivity contribution in [2.24, 2.45) is 11.5 Å². The molecule has 32 heavy (non-hydrogen) atoms. The van der Waals surface area contributed by atoms with Crippen LogP contribution in [0, 0.1) is 0 Å². The molecule has 0 radical (unpaired) electrons. The van der Waals surface area contributed by atoms with Crippen LogP contribution in [-0.4, -0.2) is 80.3 Å². The third-order valence-corrected chi connectivity index (χ3v) is 5.20. The van der Waals surface area contributed by atoms with Crippen LogP contribution in [0.2, 0.25) is 0 Å². The van der Waals surface area contributed by atoms with E-state index in [1.165, 1.54) is 24.3 Å². The van der Waals surface area contributed by atoms with Gasteiger partial charge in [-0.05, 0) is 26.2 Å². The van der Waals surface area contributed by atoms with Crippen molar-refractivity contribution < 1.29 is 29.1 Å². The number of nitrogens with zero attached hydrogens (tertiary/aromatic N) is 2. The zero-order valence-electron chi connectivity index (χ0n) is 17.7. The molecule has 0 bridgehead atoms. The topological polar surface area (TPSA) is 214 Å². The van der Waals surface area contributed by atoms with Crippen LogP contribution < -0.4 is 22.1 Å². The van der Waals surface area contributed by atoms with Crippen LogP contribution in [0.15, 0.2) is 12.5 Å². The minimum absolute atomic E-state index is 0.00413. The van der Waals surface area contributed by atoms with E-state index in [0.29, 0.717) is 25.1 Å². The molecule has 4 unspecified atom stereocenters. The minimum Gasteiger partial charge on any atom is -0.480 e. The summed E-state index contributed by atoms with van der Waals surface area (Å²) in [6, 6.07) is -4.02. The summed E-state index contributed by atoms with van der Waals surface area (Å²) in [6.07, 6.45) is 3.85. The molecule has 13 heteroatoms. The Bertz CT molecular complexity index is 843. The Labute approximate surface area is 184 Å². The van der Waals surface area contributed by atoms with Gasteiger partial charge in [-0.3, -0.25) is 19.2 Å². The highest BCUT2D eigenvalue weighted by Crippen LogP contribution is 2.19. The van der Waals surface area contributed by atoms with Crippen LogP contribution in [0.25, 0.3) is 0 Å². The average molecular weight is 451 g/mol. The summed E-state index contributed by atoms with van der Waals surface area (Å²) in [5, 5.41) is 14.3. The van der Waals surface area contributed by atoms with Crippen LogP contribution >= 0.6 is 0 Å². The highest BCUT2D eigenvalue weighted by Gasteiger charge is 2.37. The van der Waals surface area contributed by atoms with E-state index in [4.69, 9.17) is 11.5 Å². The van der Waals surface area contributed by atoms with Crippen molar-refractivity contribution in [2.45, 2.75) is 63.2 Å². The van der Waals surface area contributed by atoms with Gasteiger partial charge in [-0.2, -0.15) is 0 Å². The maximum Gasteiger partial charge on any atom is 0.326 e. The largest absolute Gasteiger partial charge is 0.480 e. The monoisotopic (exact) mass is 451 g/mol. The molecule has 2 heterocycles. The summed E-state index contributed by atoms with van der Waals surface area (Å²) in [4.78, 5) is 68.0. The number of aromatic amines is 1. The molecule has 0 aliphatic carbocycles. The maximum absolute atomic E-state index is 12.7. The first-order valence-corrected chi connectivity index (χ1v) is 10.2. The van der Waals surface area contributed by atoms with Gasteiger partial charge in [0.15, 0.2) is 0 Å². The minimum atomic E-state index is -1.23. The third kappa shape index (κ3) is 6.77. The van der Waals surface area contributed by atoms with E-state index in [-0.39, 0.29) is 19.3 Å². The second-order valence-corrected chi connectivity index (χ2v) is 7.71. The van der Waals surface area contributed by atoms with Crippen LogP contribution in [0.4, 0.5) is 0 Å². The van der Waals surface area contributed by atoms with Crippen LogP contribution in [-0.2, 0) is 30.4 Å². The molecule has 1 aliphatic rings. The number of carbonyl (C=O) groups excluding carboxylic acids is 4. The summed E-state index contributed by atoms with van der Waals surface area (Å²) in [5.41, 5.74) is 11.4. The Balaban J connectivity index is 1.93. The first-order chi connectivity index (χ1) is 15.1. The van der Waals surface area contributed by atoms with Gasteiger partial charge in [0.05, 0.1) is 12.4 Å². The van der Waals surface area contributed by atoms with Crippen molar-refractivity contribution in [1.82, 2.24) is 25.5 Å². The lowest BCUT2D eigenvalue weighted by Gasteiger charge is -2.27. The molecule has 4 atom stereocenters. The maximum atomic E-state index is 12.7. The molecule has 2 rings (SSSR count). The summed E-state index contributed by atoms with van der Waals surface area (Å²) in [5.74, 6) is -3.49. The Kier molecular flexibility index (Phi) is 8.70. The van der Waals surface area contributed by atoms with Gasteiger partial charge >= 0.3 is 5.97 Å². The third-order valence-electron chi connectivity index (χ3n) is 5.20. The summed E-state index contributed by atoms with van der Waals surface area (Å²) in [6.45, 7) is 1.75. The fourth-order valence-electron chi connectivity index (χ4n) is 3.43. The number of imidazole rings is 1. The normalized spacial score (nSPS) is 18.4. The molecule has 1 fully saturated rings. The van der Waals surface area contributed by atoms with E-state index >= 15 is 0 Å². The van der Waals surface area contributed by atoms with Crippen molar-refractivity contribution >= 4 is 29.6 Å². The molecule has 0 saturated carbocycles. The summed E-state index contributed by atoms with van der Waals surface area (Å²) in [7, 11) is 0. The van der Waals surface area contributed by atoms with E-state index < -0.39 is 53.8 Å². The number of rotatable bonds is 11. The number of aromatic nitrogens is 2. The SMILES string of the molecule is CC(NC(=O)C1CCCN1C(=O)C(N)CCC(N)=O)C(=O)NC(Cc1cnc[nH]1)C(=O)O. The number of amides is 4. The van der Waals surface area contributed by atoms with Crippen molar-refractivity contribution in [3.63, 3.8) is 0 Å². The molecule has 1 aromatic heterocycles.